The summed E-state index contributed by atoms with van der Waals surface area (Å²) >= 11 is 1.66. The molecule has 35 heavy (non-hydrogen) atoms. The van der Waals surface area contributed by atoms with E-state index < -0.39 is 39.0 Å². The summed E-state index contributed by atoms with van der Waals surface area (Å²) in [7, 11) is 1.74. The second-order valence-electron chi connectivity index (χ2n) is 11.9. The molecule has 3 heterocycles. The minimum absolute atomic E-state index is 0.0488. The minimum Gasteiger partial charge on any atom is -0.394 e. The molecular weight excluding hydrogens is 462 g/mol. The van der Waals surface area contributed by atoms with Crippen LogP contribution in [-0.4, -0.2) is 91.4 Å². The van der Waals surface area contributed by atoms with E-state index in [4.69, 9.17) is 0 Å². The van der Waals surface area contributed by atoms with Crippen LogP contribution in [0.1, 0.15) is 54.4 Å². The van der Waals surface area contributed by atoms with Crippen LogP contribution in [0.4, 0.5) is 0 Å². The first-order valence-corrected chi connectivity index (χ1v) is 13.4. The zero-order valence-corrected chi connectivity index (χ0v) is 23.2. The van der Waals surface area contributed by atoms with Crippen molar-refractivity contribution in [3.8, 4) is 0 Å². The van der Waals surface area contributed by atoms with Gasteiger partial charge in [0.25, 0.3) is 0 Å². The first kappa shape index (κ1) is 27.8. The van der Waals surface area contributed by atoms with Gasteiger partial charge >= 0.3 is 0 Å². The maximum Gasteiger partial charge on any atom is 0.247 e. The number of rotatable bonds is 9. The molecule has 0 radical (unpaired) electrons. The molecule has 6 atom stereocenters. The number of fused-ring (bicyclic) bond motifs is 1. The van der Waals surface area contributed by atoms with E-state index in [0.29, 0.717) is 19.5 Å². The van der Waals surface area contributed by atoms with Crippen molar-refractivity contribution in [3.63, 3.8) is 0 Å². The zero-order chi connectivity index (χ0) is 26.5. The summed E-state index contributed by atoms with van der Waals surface area (Å²) in [6.07, 6.45) is 4.85. The fourth-order valence-electron chi connectivity index (χ4n) is 6.49. The van der Waals surface area contributed by atoms with Crippen molar-refractivity contribution in [1.82, 2.24) is 14.7 Å². The molecule has 3 amide bonds. The van der Waals surface area contributed by atoms with Crippen LogP contribution in [0.15, 0.2) is 25.3 Å². The summed E-state index contributed by atoms with van der Waals surface area (Å²) in [5, 5.41) is 10.4. The van der Waals surface area contributed by atoms with Crippen molar-refractivity contribution in [2.75, 3.05) is 26.7 Å². The molecule has 0 aliphatic carbocycles. The van der Waals surface area contributed by atoms with Gasteiger partial charge < -0.3 is 19.8 Å². The smallest absolute Gasteiger partial charge is 0.247 e. The number of carbonyl (C=O) groups is 3. The molecule has 2 unspecified atom stereocenters. The van der Waals surface area contributed by atoms with E-state index in [1.165, 1.54) is 0 Å². The van der Waals surface area contributed by atoms with Gasteiger partial charge in [-0.3, -0.25) is 14.4 Å². The molecular formula is C27H43N3O4S. The molecule has 3 aliphatic rings. The Morgan fingerprint density at radius 3 is 2.29 bits per heavy atom. The average Bonchev–Trinajstić information content (AvgIpc) is 3.32. The summed E-state index contributed by atoms with van der Waals surface area (Å²) in [6, 6.07) is -1.25. The minimum atomic E-state index is -0.743. The standard InChI is InChI=1S/C27H43N3O4S/c1-10-14-28(9)22(32)19-20-23(33)30(18(16-31)17(3)4)21(27(20)13-12-26(19,8)35-27)24(34)29(15-11-2)25(5,6)7/h10-11,17-21,31H,1-2,12-16H2,3-9H3/t18-,19-,20-,21?,26+,27?/m0/s1. The van der Waals surface area contributed by atoms with Crippen LogP contribution in [0.3, 0.4) is 0 Å². The topological polar surface area (TPSA) is 81.2 Å². The maximum absolute atomic E-state index is 14.4. The summed E-state index contributed by atoms with van der Waals surface area (Å²) in [4.78, 5) is 47.5. The van der Waals surface area contributed by atoms with Gasteiger partial charge in [0.1, 0.15) is 6.04 Å². The highest BCUT2D eigenvalue weighted by molar-refractivity contribution is 8.02. The van der Waals surface area contributed by atoms with Crippen LogP contribution >= 0.6 is 11.8 Å². The number of nitrogens with zero attached hydrogens (tertiary/aromatic N) is 3. The summed E-state index contributed by atoms with van der Waals surface area (Å²) < 4.78 is -1.12. The quantitative estimate of drug-likeness (QED) is 0.488. The van der Waals surface area contributed by atoms with Gasteiger partial charge in [-0.05, 0) is 46.5 Å². The van der Waals surface area contributed by atoms with Gasteiger partial charge in [-0.2, -0.15) is 0 Å². The first-order chi connectivity index (χ1) is 16.2. The highest BCUT2D eigenvalue weighted by Crippen LogP contribution is 2.72. The van der Waals surface area contributed by atoms with E-state index >= 15 is 0 Å². The number of hydrogen-bond donors (Lipinski definition) is 1. The van der Waals surface area contributed by atoms with Crippen LogP contribution in [0.2, 0.25) is 0 Å². The number of carbonyl (C=O) groups excluding carboxylic acids is 3. The fourth-order valence-corrected chi connectivity index (χ4v) is 8.82. The Balaban J connectivity index is 2.19. The Morgan fingerprint density at radius 2 is 1.80 bits per heavy atom. The number of likely N-dealkylation sites (N-methyl/N-ethyl adjacent to an activating group) is 1. The van der Waals surface area contributed by atoms with Crippen LogP contribution in [0, 0.1) is 17.8 Å². The van der Waals surface area contributed by atoms with E-state index in [-0.39, 0.29) is 30.2 Å². The van der Waals surface area contributed by atoms with Crippen molar-refractivity contribution in [3.05, 3.63) is 25.3 Å². The molecule has 0 aromatic rings. The van der Waals surface area contributed by atoms with E-state index in [2.05, 4.69) is 20.1 Å². The van der Waals surface area contributed by atoms with Gasteiger partial charge in [-0.1, -0.05) is 26.0 Å². The number of amides is 3. The lowest BCUT2D eigenvalue weighted by Gasteiger charge is -2.44. The second-order valence-corrected chi connectivity index (χ2v) is 13.8. The van der Waals surface area contributed by atoms with Crippen molar-refractivity contribution in [1.29, 1.82) is 0 Å². The summed E-state index contributed by atoms with van der Waals surface area (Å²) in [6.45, 7) is 20.1. The molecule has 2 bridgehead atoms. The van der Waals surface area contributed by atoms with E-state index in [1.54, 1.807) is 45.7 Å². The molecule has 7 nitrogen and oxygen atoms in total. The number of hydrogen-bond acceptors (Lipinski definition) is 5. The van der Waals surface area contributed by atoms with E-state index in [1.807, 2.05) is 34.6 Å². The first-order valence-electron chi connectivity index (χ1n) is 12.6. The fraction of sp³-hybridized carbons (Fsp3) is 0.741. The Kier molecular flexibility index (Phi) is 7.60. The third-order valence-electron chi connectivity index (χ3n) is 8.20. The Hall–Kier alpha value is -1.80. The molecule has 3 rings (SSSR count). The Morgan fingerprint density at radius 1 is 1.20 bits per heavy atom. The number of aliphatic hydroxyl groups is 1. The Bertz CT molecular complexity index is 899. The lowest BCUT2D eigenvalue weighted by molar-refractivity contribution is -0.149. The van der Waals surface area contributed by atoms with E-state index in [0.717, 1.165) is 6.42 Å². The highest BCUT2D eigenvalue weighted by atomic mass is 32.2. The lowest BCUT2D eigenvalue weighted by Crippen LogP contribution is -2.61. The average molecular weight is 506 g/mol. The SMILES string of the molecule is C=CCN(C)C(=O)[C@@H]1[C@H]2C(=O)N([C@@H](CO)C(C)C)C(C(=O)N(CC=C)C(C)(C)C)C23CC[C@@]1(C)S3. The summed E-state index contributed by atoms with van der Waals surface area (Å²) in [5.74, 6) is -1.54. The molecule has 1 spiro atoms. The highest BCUT2D eigenvalue weighted by Gasteiger charge is 2.78. The molecule has 3 aliphatic heterocycles. The van der Waals surface area contributed by atoms with Crippen molar-refractivity contribution < 1.29 is 19.5 Å². The number of likely N-dealkylation sites (tertiary alicyclic amines) is 1. The number of thioether (sulfide) groups is 1. The third-order valence-corrected chi connectivity index (χ3v) is 10.2. The summed E-state index contributed by atoms with van der Waals surface area (Å²) in [5.41, 5.74) is -0.480. The Labute approximate surface area is 215 Å². The van der Waals surface area contributed by atoms with Crippen LogP contribution in [0.25, 0.3) is 0 Å². The molecule has 0 aromatic heterocycles. The number of aliphatic hydroxyl groups excluding tert-OH is 1. The lowest BCUT2D eigenvalue weighted by atomic mass is 9.66. The van der Waals surface area contributed by atoms with Gasteiger partial charge in [-0.15, -0.1) is 24.9 Å². The molecule has 0 aromatic carbocycles. The van der Waals surface area contributed by atoms with Gasteiger partial charge in [0, 0.05) is 30.4 Å². The van der Waals surface area contributed by atoms with Crippen molar-refractivity contribution in [2.45, 2.75) is 81.5 Å². The van der Waals surface area contributed by atoms with Gasteiger partial charge in [-0.25, -0.2) is 0 Å². The van der Waals surface area contributed by atoms with Gasteiger partial charge in [0.05, 0.1) is 29.2 Å². The van der Waals surface area contributed by atoms with Gasteiger partial charge in [0.2, 0.25) is 17.7 Å². The molecule has 3 fully saturated rings. The van der Waals surface area contributed by atoms with Crippen LogP contribution in [0.5, 0.6) is 0 Å². The maximum atomic E-state index is 14.4. The molecule has 8 heteroatoms. The molecule has 196 valence electrons. The predicted molar refractivity (Wildman–Crippen MR) is 141 cm³/mol. The van der Waals surface area contributed by atoms with Gasteiger partial charge in [0.15, 0.2) is 0 Å². The van der Waals surface area contributed by atoms with Crippen molar-refractivity contribution >= 4 is 29.5 Å². The normalized spacial score (nSPS) is 32.5. The van der Waals surface area contributed by atoms with Crippen LogP contribution in [-0.2, 0) is 14.4 Å². The zero-order valence-electron chi connectivity index (χ0n) is 22.4. The largest absolute Gasteiger partial charge is 0.394 e. The third kappa shape index (κ3) is 4.24. The molecule has 3 saturated heterocycles. The second kappa shape index (κ2) is 9.58. The van der Waals surface area contributed by atoms with Crippen LogP contribution < -0.4 is 0 Å². The van der Waals surface area contributed by atoms with E-state index in [9.17, 15) is 19.5 Å². The van der Waals surface area contributed by atoms with Crippen molar-refractivity contribution in [2.24, 2.45) is 17.8 Å². The monoisotopic (exact) mass is 505 g/mol. The molecule has 1 N–H and O–H groups in total. The predicted octanol–water partition coefficient (Wildman–Crippen LogP) is 2.94. The molecule has 0 saturated carbocycles.